The average Bonchev–Trinajstić information content (AvgIpc) is 2.53. The van der Waals surface area contributed by atoms with E-state index in [9.17, 15) is 14.4 Å². The Kier molecular flexibility index (Phi) is 4.31. The number of aromatic carboxylic acids is 1. The number of ketones is 1. The van der Waals surface area contributed by atoms with Crippen LogP contribution in [0.15, 0.2) is 42.6 Å². The molecule has 0 bridgehead atoms. The number of nitrogens with zero attached hydrogens (tertiary/aromatic N) is 2. The summed E-state index contributed by atoms with van der Waals surface area (Å²) in [6.45, 7) is 0. The monoisotopic (exact) mass is 298 g/mol. The number of aromatic nitrogens is 1. The topological polar surface area (TPSA) is 87.6 Å². The summed E-state index contributed by atoms with van der Waals surface area (Å²) in [7, 11) is 3.27. The van der Waals surface area contributed by atoms with Crippen LogP contribution in [0.4, 0.5) is 0 Å². The van der Waals surface area contributed by atoms with Gasteiger partial charge in [0.2, 0.25) is 0 Å². The van der Waals surface area contributed by atoms with Crippen molar-refractivity contribution in [3.8, 4) is 0 Å². The van der Waals surface area contributed by atoms with Crippen molar-refractivity contribution < 1.29 is 19.5 Å². The molecule has 2 aromatic rings. The van der Waals surface area contributed by atoms with Crippen LogP contribution >= 0.6 is 0 Å². The molecular weight excluding hydrogens is 284 g/mol. The van der Waals surface area contributed by atoms with Crippen LogP contribution in [-0.2, 0) is 0 Å². The van der Waals surface area contributed by atoms with Gasteiger partial charge >= 0.3 is 5.97 Å². The van der Waals surface area contributed by atoms with E-state index in [2.05, 4.69) is 4.98 Å². The standard InChI is InChI=1S/C16H14N2O4/c1-18(2)15(20)11-7-5-10(6-8-11)14(19)12-4-3-9-17-13(12)16(21)22/h3-9H,1-2H3,(H,21,22). The lowest BCUT2D eigenvalue weighted by atomic mass is 10.0. The van der Waals surface area contributed by atoms with E-state index in [1.165, 1.54) is 47.5 Å². The van der Waals surface area contributed by atoms with Crippen molar-refractivity contribution in [2.24, 2.45) is 0 Å². The highest BCUT2D eigenvalue weighted by Crippen LogP contribution is 2.14. The highest BCUT2D eigenvalue weighted by Gasteiger charge is 2.19. The first-order valence-electron chi connectivity index (χ1n) is 6.46. The molecule has 1 amide bonds. The quantitative estimate of drug-likeness (QED) is 0.868. The van der Waals surface area contributed by atoms with Crippen molar-refractivity contribution in [1.29, 1.82) is 0 Å². The summed E-state index contributed by atoms with van der Waals surface area (Å²) in [5.74, 6) is -1.88. The van der Waals surface area contributed by atoms with Gasteiger partial charge in [-0.1, -0.05) is 12.1 Å². The van der Waals surface area contributed by atoms with E-state index in [1.807, 2.05) is 0 Å². The van der Waals surface area contributed by atoms with Crippen LogP contribution in [0.1, 0.15) is 36.8 Å². The maximum Gasteiger partial charge on any atom is 0.355 e. The van der Waals surface area contributed by atoms with Crippen LogP contribution in [0.3, 0.4) is 0 Å². The zero-order valence-corrected chi connectivity index (χ0v) is 12.1. The zero-order valence-electron chi connectivity index (χ0n) is 12.1. The zero-order chi connectivity index (χ0) is 16.3. The summed E-state index contributed by atoms with van der Waals surface area (Å²) in [4.78, 5) is 40.4. The minimum Gasteiger partial charge on any atom is -0.476 e. The summed E-state index contributed by atoms with van der Waals surface area (Å²) < 4.78 is 0. The average molecular weight is 298 g/mol. The Labute approximate surface area is 127 Å². The first-order chi connectivity index (χ1) is 10.4. The maximum absolute atomic E-state index is 12.4. The lowest BCUT2D eigenvalue weighted by Gasteiger charge is -2.10. The van der Waals surface area contributed by atoms with Crippen molar-refractivity contribution in [3.05, 3.63) is 65.0 Å². The van der Waals surface area contributed by atoms with Gasteiger partial charge in [-0.15, -0.1) is 0 Å². The highest BCUT2D eigenvalue weighted by atomic mass is 16.4. The summed E-state index contributed by atoms with van der Waals surface area (Å²) in [5.41, 5.74) is 0.472. The molecule has 0 saturated heterocycles. The minimum absolute atomic E-state index is 0.0155. The fourth-order valence-corrected chi connectivity index (χ4v) is 1.94. The van der Waals surface area contributed by atoms with Gasteiger partial charge in [-0.3, -0.25) is 9.59 Å². The first-order valence-corrected chi connectivity index (χ1v) is 6.46. The molecule has 0 radical (unpaired) electrons. The molecule has 0 unspecified atom stereocenters. The predicted octanol–water partition coefficient (Wildman–Crippen LogP) is 1.71. The Bertz CT molecular complexity index is 736. The van der Waals surface area contributed by atoms with Crippen molar-refractivity contribution in [3.63, 3.8) is 0 Å². The van der Waals surface area contributed by atoms with Crippen LogP contribution in [0.25, 0.3) is 0 Å². The smallest absolute Gasteiger partial charge is 0.355 e. The summed E-state index contributed by atoms with van der Waals surface area (Å²) in [6, 6.07) is 8.98. The van der Waals surface area contributed by atoms with Crippen molar-refractivity contribution >= 4 is 17.7 Å². The molecule has 0 aliphatic carbocycles. The molecule has 22 heavy (non-hydrogen) atoms. The Hall–Kier alpha value is -3.02. The number of pyridine rings is 1. The van der Waals surface area contributed by atoms with Gasteiger partial charge in [-0.25, -0.2) is 9.78 Å². The third-order valence-corrected chi connectivity index (χ3v) is 3.06. The van der Waals surface area contributed by atoms with Gasteiger partial charge in [0.05, 0.1) is 5.56 Å². The van der Waals surface area contributed by atoms with Crippen LogP contribution in [0.2, 0.25) is 0 Å². The van der Waals surface area contributed by atoms with Crippen molar-refractivity contribution in [2.45, 2.75) is 0 Å². The molecule has 0 spiro atoms. The van der Waals surface area contributed by atoms with Gasteiger partial charge in [0, 0.05) is 31.4 Å². The van der Waals surface area contributed by atoms with E-state index >= 15 is 0 Å². The molecule has 1 aromatic carbocycles. The van der Waals surface area contributed by atoms with Crippen LogP contribution < -0.4 is 0 Å². The van der Waals surface area contributed by atoms with Gasteiger partial charge in [-0.05, 0) is 24.3 Å². The van der Waals surface area contributed by atoms with Crippen LogP contribution in [-0.4, -0.2) is 46.7 Å². The Morgan fingerprint density at radius 2 is 1.59 bits per heavy atom. The van der Waals surface area contributed by atoms with Crippen LogP contribution in [0, 0.1) is 0 Å². The lowest BCUT2D eigenvalue weighted by Crippen LogP contribution is -2.21. The molecule has 2 rings (SSSR count). The molecule has 1 N–H and O–H groups in total. The summed E-state index contributed by atoms with van der Waals surface area (Å²) >= 11 is 0. The normalized spacial score (nSPS) is 10.1. The number of carbonyl (C=O) groups is 3. The van der Waals surface area contributed by atoms with Crippen molar-refractivity contribution in [1.82, 2.24) is 9.88 Å². The Morgan fingerprint density at radius 1 is 1.00 bits per heavy atom. The van der Waals surface area contributed by atoms with Gasteiger partial charge in [0.1, 0.15) is 0 Å². The second kappa shape index (κ2) is 6.17. The maximum atomic E-state index is 12.4. The second-order valence-electron chi connectivity index (χ2n) is 4.81. The number of carbonyl (C=O) groups excluding carboxylic acids is 2. The number of amides is 1. The number of carboxylic acids is 1. The first kappa shape index (κ1) is 15.4. The Morgan fingerprint density at radius 3 is 2.14 bits per heavy atom. The van der Waals surface area contributed by atoms with Crippen LogP contribution in [0.5, 0.6) is 0 Å². The van der Waals surface area contributed by atoms with E-state index in [0.717, 1.165) is 0 Å². The van der Waals surface area contributed by atoms with E-state index in [0.29, 0.717) is 11.1 Å². The van der Waals surface area contributed by atoms with E-state index in [-0.39, 0.29) is 17.2 Å². The molecule has 6 nitrogen and oxygen atoms in total. The van der Waals surface area contributed by atoms with E-state index in [4.69, 9.17) is 5.11 Å². The largest absolute Gasteiger partial charge is 0.476 e. The summed E-state index contributed by atoms with van der Waals surface area (Å²) in [6.07, 6.45) is 1.32. The SMILES string of the molecule is CN(C)C(=O)c1ccc(C(=O)c2cccnc2C(=O)O)cc1. The molecule has 6 heteroatoms. The van der Waals surface area contributed by atoms with Gasteiger partial charge in [-0.2, -0.15) is 0 Å². The molecule has 112 valence electrons. The van der Waals surface area contributed by atoms with E-state index in [1.54, 1.807) is 14.1 Å². The van der Waals surface area contributed by atoms with Gasteiger partial charge in [0.15, 0.2) is 11.5 Å². The summed E-state index contributed by atoms with van der Waals surface area (Å²) in [5, 5.41) is 9.07. The molecular formula is C16H14N2O4. The molecule has 0 aliphatic heterocycles. The molecule has 0 saturated carbocycles. The minimum atomic E-state index is -1.26. The lowest BCUT2D eigenvalue weighted by molar-refractivity contribution is 0.0686. The Balaban J connectivity index is 2.35. The molecule has 0 fully saturated rings. The molecule has 0 aliphatic rings. The molecule has 1 aromatic heterocycles. The third-order valence-electron chi connectivity index (χ3n) is 3.06. The number of benzene rings is 1. The van der Waals surface area contributed by atoms with Gasteiger partial charge < -0.3 is 10.0 Å². The highest BCUT2D eigenvalue weighted by molar-refractivity contribution is 6.13. The molecule has 1 heterocycles. The van der Waals surface area contributed by atoms with Crippen molar-refractivity contribution in [2.75, 3.05) is 14.1 Å². The van der Waals surface area contributed by atoms with Gasteiger partial charge in [0.25, 0.3) is 5.91 Å². The number of hydrogen-bond acceptors (Lipinski definition) is 4. The molecule has 0 atom stereocenters. The number of hydrogen-bond donors (Lipinski definition) is 1. The number of rotatable bonds is 4. The third kappa shape index (κ3) is 3.01. The fraction of sp³-hybridized carbons (Fsp3) is 0.125. The fourth-order valence-electron chi connectivity index (χ4n) is 1.94. The van der Waals surface area contributed by atoms with E-state index < -0.39 is 11.8 Å². The predicted molar refractivity (Wildman–Crippen MR) is 79.1 cm³/mol. The second-order valence-corrected chi connectivity index (χ2v) is 4.81. The number of carboxylic acid groups (broad SMARTS) is 1.